The van der Waals surface area contributed by atoms with E-state index in [0.717, 1.165) is 12.5 Å². The first-order valence-electron chi connectivity index (χ1n) is 5.25. The molecular weight excluding hydrogens is 158 g/mol. The average molecular weight is 179 g/mol. The van der Waals surface area contributed by atoms with Crippen LogP contribution in [0.4, 0.5) is 0 Å². The number of aromatic nitrogens is 1. The molecule has 0 saturated carbocycles. The minimum Gasteiger partial charge on any atom is -0.354 e. The lowest BCUT2D eigenvalue weighted by molar-refractivity contribution is 0.517. The van der Waals surface area contributed by atoms with E-state index in [9.17, 15) is 0 Å². The van der Waals surface area contributed by atoms with E-state index in [1.807, 2.05) is 0 Å². The second-order valence-corrected chi connectivity index (χ2v) is 4.52. The monoisotopic (exact) mass is 179 g/mol. The number of rotatable bonds is 4. The SMILES string of the molecule is CC(C)CCn1ccc(C(C)C)c1. The highest BCUT2D eigenvalue weighted by atomic mass is 14.9. The lowest BCUT2D eigenvalue weighted by Gasteiger charge is -2.05. The van der Waals surface area contributed by atoms with Crippen molar-refractivity contribution in [2.75, 3.05) is 0 Å². The van der Waals surface area contributed by atoms with Crippen LogP contribution in [0.5, 0.6) is 0 Å². The molecule has 74 valence electrons. The molecule has 0 fully saturated rings. The summed E-state index contributed by atoms with van der Waals surface area (Å²) in [5, 5.41) is 0. The molecule has 0 amide bonds. The largest absolute Gasteiger partial charge is 0.354 e. The van der Waals surface area contributed by atoms with Crippen LogP contribution in [-0.2, 0) is 6.54 Å². The zero-order valence-electron chi connectivity index (χ0n) is 9.25. The Hall–Kier alpha value is -0.720. The minimum absolute atomic E-state index is 0.653. The molecule has 0 aliphatic rings. The van der Waals surface area contributed by atoms with Gasteiger partial charge in [0.1, 0.15) is 0 Å². The van der Waals surface area contributed by atoms with Crippen LogP contribution in [0.2, 0.25) is 0 Å². The van der Waals surface area contributed by atoms with E-state index in [-0.39, 0.29) is 0 Å². The van der Waals surface area contributed by atoms with E-state index in [4.69, 9.17) is 0 Å². The van der Waals surface area contributed by atoms with Gasteiger partial charge in [0.05, 0.1) is 0 Å². The Bertz CT molecular complexity index is 245. The van der Waals surface area contributed by atoms with Gasteiger partial charge in [0.2, 0.25) is 0 Å². The van der Waals surface area contributed by atoms with Crippen LogP contribution in [0.25, 0.3) is 0 Å². The Balaban J connectivity index is 2.49. The third-order valence-electron chi connectivity index (χ3n) is 2.40. The number of hydrogen-bond acceptors (Lipinski definition) is 0. The fraction of sp³-hybridized carbons (Fsp3) is 0.667. The summed E-state index contributed by atoms with van der Waals surface area (Å²) >= 11 is 0. The van der Waals surface area contributed by atoms with Gasteiger partial charge in [-0.05, 0) is 29.9 Å². The summed E-state index contributed by atoms with van der Waals surface area (Å²) in [6, 6.07) is 2.23. The summed E-state index contributed by atoms with van der Waals surface area (Å²) in [4.78, 5) is 0. The minimum atomic E-state index is 0.653. The quantitative estimate of drug-likeness (QED) is 0.664. The molecule has 1 rings (SSSR count). The molecule has 1 aromatic heterocycles. The molecule has 0 atom stereocenters. The Morgan fingerprint density at radius 1 is 1.23 bits per heavy atom. The van der Waals surface area contributed by atoms with Crippen molar-refractivity contribution in [3.8, 4) is 0 Å². The van der Waals surface area contributed by atoms with Crippen molar-refractivity contribution in [2.24, 2.45) is 5.92 Å². The first kappa shape index (κ1) is 10.4. The summed E-state index contributed by atoms with van der Waals surface area (Å²) in [5.74, 6) is 1.45. The summed E-state index contributed by atoms with van der Waals surface area (Å²) in [7, 11) is 0. The van der Waals surface area contributed by atoms with Gasteiger partial charge in [-0.2, -0.15) is 0 Å². The Labute approximate surface area is 81.8 Å². The van der Waals surface area contributed by atoms with Crippen LogP contribution in [0.15, 0.2) is 18.5 Å². The Morgan fingerprint density at radius 2 is 1.92 bits per heavy atom. The second-order valence-electron chi connectivity index (χ2n) is 4.52. The van der Waals surface area contributed by atoms with Crippen LogP contribution < -0.4 is 0 Å². The molecule has 1 nitrogen and oxygen atoms in total. The van der Waals surface area contributed by atoms with Crippen molar-refractivity contribution >= 4 is 0 Å². The highest BCUT2D eigenvalue weighted by Gasteiger charge is 2.01. The normalized spacial score (nSPS) is 11.5. The van der Waals surface area contributed by atoms with Gasteiger partial charge >= 0.3 is 0 Å². The smallest absolute Gasteiger partial charge is 0.0222 e. The van der Waals surface area contributed by atoms with Gasteiger partial charge in [-0.1, -0.05) is 27.7 Å². The maximum atomic E-state index is 2.30. The van der Waals surface area contributed by atoms with E-state index in [0.29, 0.717) is 5.92 Å². The van der Waals surface area contributed by atoms with Crippen molar-refractivity contribution in [1.29, 1.82) is 0 Å². The molecular formula is C12H21N. The molecule has 0 radical (unpaired) electrons. The first-order chi connectivity index (χ1) is 6.09. The summed E-state index contributed by atoms with van der Waals surface area (Å²) in [6.07, 6.45) is 5.73. The van der Waals surface area contributed by atoms with Crippen molar-refractivity contribution in [2.45, 2.75) is 46.6 Å². The predicted octanol–water partition coefficient (Wildman–Crippen LogP) is 3.66. The van der Waals surface area contributed by atoms with Gasteiger partial charge in [-0.3, -0.25) is 0 Å². The van der Waals surface area contributed by atoms with E-state index in [2.05, 4.69) is 50.7 Å². The molecule has 13 heavy (non-hydrogen) atoms. The van der Waals surface area contributed by atoms with Crippen molar-refractivity contribution in [3.63, 3.8) is 0 Å². The Kier molecular flexibility index (Phi) is 3.58. The van der Waals surface area contributed by atoms with Gasteiger partial charge in [0.15, 0.2) is 0 Å². The van der Waals surface area contributed by atoms with E-state index >= 15 is 0 Å². The molecule has 0 N–H and O–H groups in total. The summed E-state index contributed by atoms with van der Waals surface area (Å²) < 4.78 is 2.30. The molecule has 0 aliphatic heterocycles. The van der Waals surface area contributed by atoms with Crippen LogP contribution in [0.1, 0.15) is 45.6 Å². The van der Waals surface area contributed by atoms with E-state index in [1.165, 1.54) is 12.0 Å². The van der Waals surface area contributed by atoms with Crippen LogP contribution in [-0.4, -0.2) is 4.57 Å². The topological polar surface area (TPSA) is 4.93 Å². The van der Waals surface area contributed by atoms with Crippen LogP contribution in [0.3, 0.4) is 0 Å². The third kappa shape index (κ3) is 3.25. The zero-order chi connectivity index (χ0) is 9.84. The lowest BCUT2D eigenvalue weighted by atomic mass is 10.1. The van der Waals surface area contributed by atoms with Crippen molar-refractivity contribution < 1.29 is 0 Å². The van der Waals surface area contributed by atoms with Crippen molar-refractivity contribution in [3.05, 3.63) is 24.0 Å². The van der Waals surface area contributed by atoms with E-state index in [1.54, 1.807) is 0 Å². The lowest BCUT2D eigenvalue weighted by Crippen LogP contribution is -1.98. The third-order valence-corrected chi connectivity index (χ3v) is 2.40. The summed E-state index contributed by atoms with van der Waals surface area (Å²) in [5.41, 5.74) is 1.45. The van der Waals surface area contributed by atoms with Gasteiger partial charge in [0.25, 0.3) is 0 Å². The fourth-order valence-electron chi connectivity index (χ4n) is 1.35. The number of aryl methyl sites for hydroxylation is 1. The van der Waals surface area contributed by atoms with Crippen LogP contribution >= 0.6 is 0 Å². The standard InChI is InChI=1S/C12H21N/c1-10(2)5-7-13-8-6-12(9-13)11(3)4/h6,8-11H,5,7H2,1-4H3. The molecule has 0 saturated heterocycles. The molecule has 0 bridgehead atoms. The van der Waals surface area contributed by atoms with Gasteiger partial charge in [-0.25, -0.2) is 0 Å². The molecule has 0 aliphatic carbocycles. The highest BCUT2D eigenvalue weighted by Crippen LogP contribution is 2.14. The zero-order valence-corrected chi connectivity index (χ0v) is 9.25. The number of hydrogen-bond donors (Lipinski definition) is 0. The predicted molar refractivity (Wildman–Crippen MR) is 58.0 cm³/mol. The second kappa shape index (κ2) is 4.50. The van der Waals surface area contributed by atoms with Crippen molar-refractivity contribution in [1.82, 2.24) is 4.57 Å². The summed E-state index contributed by atoms with van der Waals surface area (Å²) in [6.45, 7) is 10.2. The Morgan fingerprint density at radius 3 is 2.38 bits per heavy atom. The van der Waals surface area contributed by atoms with Crippen LogP contribution in [0, 0.1) is 5.92 Å². The van der Waals surface area contributed by atoms with E-state index < -0.39 is 0 Å². The number of nitrogens with zero attached hydrogens (tertiary/aromatic N) is 1. The van der Waals surface area contributed by atoms with Gasteiger partial charge in [0, 0.05) is 18.9 Å². The van der Waals surface area contributed by atoms with Gasteiger partial charge < -0.3 is 4.57 Å². The molecule has 0 aromatic carbocycles. The molecule has 0 unspecified atom stereocenters. The fourth-order valence-corrected chi connectivity index (χ4v) is 1.35. The first-order valence-corrected chi connectivity index (χ1v) is 5.25. The van der Waals surface area contributed by atoms with Gasteiger partial charge in [-0.15, -0.1) is 0 Å². The molecule has 1 aromatic rings. The average Bonchev–Trinajstić information content (AvgIpc) is 2.48. The maximum absolute atomic E-state index is 2.30. The highest BCUT2D eigenvalue weighted by molar-refractivity contribution is 5.14. The molecule has 1 heteroatoms. The molecule has 0 spiro atoms. The molecule has 1 heterocycles. The maximum Gasteiger partial charge on any atom is 0.0222 e.